The van der Waals surface area contributed by atoms with Gasteiger partial charge in [0.05, 0.1) is 6.10 Å². The second-order valence-corrected chi connectivity index (χ2v) is 4.41. The Bertz CT molecular complexity index is 397. The van der Waals surface area contributed by atoms with Gasteiger partial charge in [-0.2, -0.15) is 0 Å². The number of halogens is 1. The molecule has 0 aromatic carbocycles. The van der Waals surface area contributed by atoms with E-state index >= 15 is 0 Å². The van der Waals surface area contributed by atoms with E-state index in [1.165, 1.54) is 6.92 Å². The van der Waals surface area contributed by atoms with Crippen LogP contribution in [0.25, 0.3) is 0 Å². The monoisotopic (exact) mass is 292 g/mol. The van der Waals surface area contributed by atoms with E-state index in [0.29, 0.717) is 0 Å². The number of carbonyl (C=O) groups is 3. The van der Waals surface area contributed by atoms with Crippen LogP contribution >= 0.6 is 0 Å². The molecule has 7 nitrogen and oxygen atoms in total. The Balaban J connectivity index is 2.93. The molecule has 1 saturated heterocycles. The fraction of sp³-hybridized carbons (Fsp3) is 0.750. The molecule has 8 heteroatoms. The number of esters is 3. The van der Waals surface area contributed by atoms with Crippen LogP contribution in [0.2, 0.25) is 0 Å². The minimum Gasteiger partial charge on any atom is -0.456 e. The summed E-state index contributed by atoms with van der Waals surface area (Å²) in [5.41, 5.74) is 0. The molecule has 1 heterocycles. The first-order chi connectivity index (χ1) is 9.22. The first kappa shape index (κ1) is 16.4. The van der Waals surface area contributed by atoms with Gasteiger partial charge in [0, 0.05) is 20.8 Å². The normalized spacial score (nSPS) is 33.1. The standard InChI is InChI=1S/C12H17FO7/c1-5-10(18-6(2)14)11(19-7(3)15)9(13)12(17-5)20-8(4)16/h5,9-12H,1-4H3/t5-,9-,10-,11-,12+/m0/s1. The van der Waals surface area contributed by atoms with Crippen molar-refractivity contribution in [3.05, 3.63) is 0 Å². The molecular formula is C12H17FO7. The summed E-state index contributed by atoms with van der Waals surface area (Å²) in [5, 5.41) is 0. The van der Waals surface area contributed by atoms with Gasteiger partial charge in [0.15, 0.2) is 12.2 Å². The Morgan fingerprint density at radius 3 is 1.80 bits per heavy atom. The van der Waals surface area contributed by atoms with Gasteiger partial charge in [0.1, 0.15) is 0 Å². The van der Waals surface area contributed by atoms with Crippen LogP contribution in [0, 0.1) is 0 Å². The van der Waals surface area contributed by atoms with Crippen molar-refractivity contribution in [1.82, 2.24) is 0 Å². The van der Waals surface area contributed by atoms with Crippen molar-refractivity contribution in [3.8, 4) is 0 Å². The maximum atomic E-state index is 14.2. The van der Waals surface area contributed by atoms with Gasteiger partial charge >= 0.3 is 17.9 Å². The summed E-state index contributed by atoms with van der Waals surface area (Å²) in [6.45, 7) is 4.83. The lowest BCUT2D eigenvalue weighted by Gasteiger charge is -2.40. The Hall–Kier alpha value is -1.70. The van der Waals surface area contributed by atoms with E-state index in [0.717, 1.165) is 20.8 Å². The Morgan fingerprint density at radius 2 is 1.35 bits per heavy atom. The molecule has 0 unspecified atom stereocenters. The van der Waals surface area contributed by atoms with Crippen LogP contribution in [0.4, 0.5) is 4.39 Å². The molecule has 0 spiro atoms. The minimum absolute atomic E-state index is 0.666. The lowest BCUT2D eigenvalue weighted by Crippen LogP contribution is -2.58. The van der Waals surface area contributed by atoms with Gasteiger partial charge in [0.25, 0.3) is 0 Å². The molecule has 0 bridgehead atoms. The van der Waals surface area contributed by atoms with Gasteiger partial charge in [-0.05, 0) is 6.92 Å². The van der Waals surface area contributed by atoms with E-state index in [4.69, 9.17) is 14.2 Å². The van der Waals surface area contributed by atoms with Crippen LogP contribution in [0.1, 0.15) is 27.7 Å². The number of hydrogen-bond acceptors (Lipinski definition) is 7. The summed E-state index contributed by atoms with van der Waals surface area (Å²) in [5.74, 6) is -2.15. The number of carbonyl (C=O) groups excluding carboxylic acids is 3. The molecule has 114 valence electrons. The third kappa shape index (κ3) is 4.16. The summed E-state index contributed by atoms with van der Waals surface area (Å²) >= 11 is 0. The predicted octanol–water partition coefficient (Wildman–Crippen LogP) is 0.496. The second-order valence-electron chi connectivity index (χ2n) is 4.41. The number of rotatable bonds is 3. The van der Waals surface area contributed by atoms with Crippen molar-refractivity contribution in [2.75, 3.05) is 0 Å². The van der Waals surface area contributed by atoms with Crippen molar-refractivity contribution in [2.45, 2.75) is 58.5 Å². The highest BCUT2D eigenvalue weighted by Gasteiger charge is 2.50. The molecule has 0 aromatic rings. The number of hydrogen-bond donors (Lipinski definition) is 0. The van der Waals surface area contributed by atoms with Crippen LogP contribution in [0.15, 0.2) is 0 Å². The molecule has 1 rings (SSSR count). The summed E-state index contributed by atoms with van der Waals surface area (Å²) in [6.07, 6.45) is -6.79. The summed E-state index contributed by atoms with van der Waals surface area (Å²) in [7, 11) is 0. The van der Waals surface area contributed by atoms with Crippen LogP contribution in [0.3, 0.4) is 0 Å². The lowest BCUT2D eigenvalue weighted by atomic mass is 10.00. The zero-order chi connectivity index (χ0) is 15.4. The van der Waals surface area contributed by atoms with Crippen LogP contribution in [0.5, 0.6) is 0 Å². The van der Waals surface area contributed by atoms with Crippen molar-refractivity contribution >= 4 is 17.9 Å². The highest BCUT2D eigenvalue weighted by atomic mass is 19.1. The Kier molecular flexibility index (Phi) is 5.43. The molecule has 0 amide bonds. The Morgan fingerprint density at radius 1 is 0.900 bits per heavy atom. The molecule has 1 aliphatic heterocycles. The average molecular weight is 292 g/mol. The van der Waals surface area contributed by atoms with E-state index < -0.39 is 48.7 Å². The van der Waals surface area contributed by atoms with Gasteiger partial charge in [-0.15, -0.1) is 0 Å². The highest BCUT2D eigenvalue weighted by molar-refractivity contribution is 5.68. The highest BCUT2D eigenvalue weighted by Crippen LogP contribution is 2.29. The Labute approximate surface area is 115 Å². The first-order valence-corrected chi connectivity index (χ1v) is 6.03. The SMILES string of the molecule is CC(=O)O[C@H]1O[C@@H](C)[C@H](OC(C)=O)[C@@H](OC(C)=O)[C@@H]1F. The molecule has 0 radical (unpaired) electrons. The third-order valence-corrected chi connectivity index (χ3v) is 2.60. The zero-order valence-electron chi connectivity index (χ0n) is 11.6. The third-order valence-electron chi connectivity index (χ3n) is 2.60. The van der Waals surface area contributed by atoms with Crippen molar-refractivity contribution in [1.29, 1.82) is 0 Å². The number of ether oxygens (including phenoxy) is 4. The van der Waals surface area contributed by atoms with E-state index in [1.807, 2.05) is 0 Å². The maximum Gasteiger partial charge on any atom is 0.305 e. The molecular weight excluding hydrogens is 275 g/mol. The van der Waals surface area contributed by atoms with Crippen LogP contribution in [-0.2, 0) is 33.3 Å². The van der Waals surface area contributed by atoms with E-state index in [9.17, 15) is 18.8 Å². The zero-order valence-corrected chi connectivity index (χ0v) is 11.6. The minimum atomic E-state index is -1.96. The van der Waals surface area contributed by atoms with Crippen LogP contribution in [-0.4, -0.2) is 48.7 Å². The first-order valence-electron chi connectivity index (χ1n) is 6.03. The predicted molar refractivity (Wildman–Crippen MR) is 62.1 cm³/mol. The van der Waals surface area contributed by atoms with Crippen LogP contribution < -0.4 is 0 Å². The topological polar surface area (TPSA) is 88.1 Å². The molecule has 1 aliphatic rings. The molecule has 0 aromatic heterocycles. The summed E-state index contributed by atoms with van der Waals surface area (Å²) in [4.78, 5) is 33.0. The molecule has 0 N–H and O–H groups in total. The van der Waals surface area contributed by atoms with Gasteiger partial charge in [-0.1, -0.05) is 0 Å². The van der Waals surface area contributed by atoms with E-state index in [1.54, 1.807) is 0 Å². The molecule has 20 heavy (non-hydrogen) atoms. The quantitative estimate of drug-likeness (QED) is 0.552. The summed E-state index contributed by atoms with van der Waals surface area (Å²) in [6, 6.07) is 0. The van der Waals surface area contributed by atoms with Gasteiger partial charge in [-0.3, -0.25) is 14.4 Å². The van der Waals surface area contributed by atoms with Crippen molar-refractivity contribution in [3.63, 3.8) is 0 Å². The molecule has 5 atom stereocenters. The average Bonchev–Trinajstić information content (AvgIpc) is 2.28. The largest absolute Gasteiger partial charge is 0.456 e. The fourth-order valence-electron chi connectivity index (χ4n) is 1.90. The second kappa shape index (κ2) is 6.65. The molecule has 0 aliphatic carbocycles. The van der Waals surface area contributed by atoms with Crippen molar-refractivity contribution < 1.29 is 37.7 Å². The lowest BCUT2D eigenvalue weighted by molar-refractivity contribution is -0.276. The van der Waals surface area contributed by atoms with Gasteiger partial charge in [0.2, 0.25) is 12.5 Å². The van der Waals surface area contributed by atoms with Crippen molar-refractivity contribution in [2.24, 2.45) is 0 Å². The fourth-order valence-corrected chi connectivity index (χ4v) is 1.90. The number of alkyl halides is 1. The van der Waals surface area contributed by atoms with Gasteiger partial charge in [-0.25, -0.2) is 4.39 Å². The summed E-state index contributed by atoms with van der Waals surface area (Å²) < 4.78 is 33.8. The molecule has 1 fully saturated rings. The van der Waals surface area contributed by atoms with E-state index in [2.05, 4.69) is 4.74 Å². The van der Waals surface area contributed by atoms with Gasteiger partial charge < -0.3 is 18.9 Å². The van der Waals surface area contributed by atoms with E-state index in [-0.39, 0.29) is 0 Å². The molecule has 0 saturated carbocycles. The maximum absolute atomic E-state index is 14.2. The smallest absolute Gasteiger partial charge is 0.305 e.